The van der Waals surface area contributed by atoms with Crippen LogP contribution in [0.25, 0.3) is 11.1 Å². The van der Waals surface area contributed by atoms with Crippen molar-refractivity contribution in [3.63, 3.8) is 0 Å². The summed E-state index contributed by atoms with van der Waals surface area (Å²) in [6.45, 7) is 8.39. The Kier molecular flexibility index (Phi) is 5.74. The fraction of sp³-hybridized carbons (Fsp3) is 0.429. The van der Waals surface area contributed by atoms with Crippen molar-refractivity contribution in [2.24, 2.45) is 0 Å². The minimum Gasteiger partial charge on any atom is -0.318 e. The number of nitrogens with one attached hydrogen (secondary N) is 2. The summed E-state index contributed by atoms with van der Waals surface area (Å²) in [7, 11) is 4.17. The third kappa shape index (κ3) is 4.21. The molecule has 134 valence electrons. The second-order valence-electron chi connectivity index (χ2n) is 7.18. The zero-order chi connectivity index (χ0) is 17.8. The van der Waals surface area contributed by atoms with Gasteiger partial charge < -0.3 is 15.2 Å². The Hall–Kier alpha value is -1.88. The third-order valence-electron chi connectivity index (χ3n) is 4.76. The Morgan fingerprint density at radius 1 is 1.16 bits per heavy atom. The van der Waals surface area contributed by atoms with Crippen LogP contribution < -0.4 is 15.8 Å². The van der Waals surface area contributed by atoms with Gasteiger partial charge in [0, 0.05) is 32.2 Å². The molecule has 0 aromatic heterocycles. The summed E-state index contributed by atoms with van der Waals surface area (Å²) in [6, 6.07) is 16.2. The quantitative estimate of drug-likeness (QED) is 0.811. The molecule has 0 saturated carbocycles. The maximum Gasteiger partial charge on any atom is 0.0574 e. The van der Waals surface area contributed by atoms with Crippen molar-refractivity contribution >= 4 is 5.69 Å². The Morgan fingerprint density at radius 3 is 2.72 bits per heavy atom. The van der Waals surface area contributed by atoms with Crippen LogP contribution in [0.5, 0.6) is 0 Å². The lowest BCUT2D eigenvalue weighted by Crippen LogP contribution is -2.38. The topological polar surface area (TPSA) is 30.5 Å². The number of hydrazine groups is 1. The summed E-state index contributed by atoms with van der Waals surface area (Å²) >= 11 is 0. The minimum absolute atomic E-state index is 0.448. The largest absolute Gasteiger partial charge is 0.318 e. The van der Waals surface area contributed by atoms with E-state index in [0.717, 1.165) is 26.2 Å². The minimum atomic E-state index is 0.448. The van der Waals surface area contributed by atoms with Crippen LogP contribution >= 0.6 is 0 Å². The summed E-state index contributed by atoms with van der Waals surface area (Å²) in [5, 5.41) is 5.48. The molecule has 3 rings (SSSR count). The predicted octanol–water partition coefficient (Wildman–Crippen LogP) is 3.24. The molecule has 0 unspecified atom stereocenters. The normalized spacial score (nSPS) is 13.8. The molecular weight excluding hydrogens is 308 g/mol. The fourth-order valence-corrected chi connectivity index (χ4v) is 3.38. The molecule has 0 radical (unpaired) electrons. The van der Waals surface area contributed by atoms with E-state index in [1.54, 1.807) is 0 Å². The molecule has 1 heterocycles. The fourth-order valence-electron chi connectivity index (χ4n) is 3.38. The first-order chi connectivity index (χ1) is 12.1. The molecule has 2 N–H and O–H groups in total. The van der Waals surface area contributed by atoms with Gasteiger partial charge >= 0.3 is 0 Å². The predicted molar refractivity (Wildman–Crippen MR) is 107 cm³/mol. The Morgan fingerprint density at radius 2 is 1.96 bits per heavy atom. The lowest BCUT2D eigenvalue weighted by molar-refractivity contribution is 0.328. The number of likely N-dealkylation sites (N-methyl/N-ethyl adjacent to an activating group) is 2. The monoisotopic (exact) mass is 338 g/mol. The van der Waals surface area contributed by atoms with Crippen molar-refractivity contribution in [2.75, 3.05) is 32.2 Å². The maximum atomic E-state index is 3.48. The zero-order valence-electron chi connectivity index (χ0n) is 15.8. The molecule has 0 spiro atoms. The number of benzene rings is 2. The van der Waals surface area contributed by atoms with Gasteiger partial charge in [-0.15, -0.1) is 0 Å². The molecule has 0 fully saturated rings. The molecule has 2 aromatic rings. The van der Waals surface area contributed by atoms with Crippen LogP contribution in [0.4, 0.5) is 5.69 Å². The van der Waals surface area contributed by atoms with Gasteiger partial charge in [0.15, 0.2) is 0 Å². The van der Waals surface area contributed by atoms with Crippen molar-refractivity contribution < 1.29 is 0 Å². The molecule has 0 saturated heterocycles. The Balaban J connectivity index is 1.81. The summed E-state index contributed by atoms with van der Waals surface area (Å²) in [5.41, 5.74) is 10.1. The van der Waals surface area contributed by atoms with Gasteiger partial charge in [0.1, 0.15) is 0 Å². The number of nitrogens with zero attached hydrogens (tertiary/aromatic N) is 2. The van der Waals surface area contributed by atoms with E-state index in [4.69, 9.17) is 0 Å². The molecule has 25 heavy (non-hydrogen) atoms. The smallest absolute Gasteiger partial charge is 0.0574 e. The van der Waals surface area contributed by atoms with Crippen molar-refractivity contribution in [2.45, 2.75) is 33.0 Å². The van der Waals surface area contributed by atoms with E-state index in [-0.39, 0.29) is 0 Å². The van der Waals surface area contributed by atoms with E-state index in [0.29, 0.717) is 6.04 Å². The number of hydrogen-bond donors (Lipinski definition) is 2. The Labute approximate surface area is 151 Å². The third-order valence-corrected chi connectivity index (χ3v) is 4.76. The number of anilines is 1. The van der Waals surface area contributed by atoms with Gasteiger partial charge in [-0.05, 0) is 62.3 Å². The molecular formula is C21H30N4. The highest BCUT2D eigenvalue weighted by Gasteiger charge is 2.21. The van der Waals surface area contributed by atoms with Crippen LogP contribution in [0.1, 0.15) is 25.0 Å². The first-order valence-corrected chi connectivity index (χ1v) is 9.16. The molecule has 0 aliphatic carbocycles. The van der Waals surface area contributed by atoms with E-state index in [9.17, 15) is 0 Å². The van der Waals surface area contributed by atoms with E-state index in [1.807, 2.05) is 7.05 Å². The van der Waals surface area contributed by atoms with Crippen molar-refractivity contribution in [1.29, 1.82) is 0 Å². The van der Waals surface area contributed by atoms with Gasteiger partial charge in [0.05, 0.1) is 5.69 Å². The zero-order valence-corrected chi connectivity index (χ0v) is 15.8. The summed E-state index contributed by atoms with van der Waals surface area (Å²) in [6.07, 6.45) is 0. The first-order valence-electron chi connectivity index (χ1n) is 9.16. The van der Waals surface area contributed by atoms with Gasteiger partial charge in [-0.3, -0.25) is 0 Å². The van der Waals surface area contributed by atoms with Gasteiger partial charge in [0.25, 0.3) is 0 Å². The number of hydrogen-bond acceptors (Lipinski definition) is 4. The van der Waals surface area contributed by atoms with Gasteiger partial charge in [-0.25, -0.2) is 5.43 Å². The van der Waals surface area contributed by atoms with E-state index < -0.39 is 0 Å². The molecule has 1 aliphatic rings. The maximum absolute atomic E-state index is 3.48. The van der Waals surface area contributed by atoms with E-state index in [2.05, 4.69) is 84.0 Å². The molecule has 0 bridgehead atoms. The van der Waals surface area contributed by atoms with Crippen LogP contribution in [0.15, 0.2) is 42.5 Å². The molecule has 2 aromatic carbocycles. The van der Waals surface area contributed by atoms with Crippen LogP contribution in [0.3, 0.4) is 0 Å². The summed E-state index contributed by atoms with van der Waals surface area (Å²) in [5.74, 6) is 0. The van der Waals surface area contributed by atoms with E-state index in [1.165, 1.54) is 27.9 Å². The molecule has 0 amide bonds. The average Bonchev–Trinajstić information content (AvgIpc) is 3.03. The molecule has 0 atom stereocenters. The van der Waals surface area contributed by atoms with Crippen LogP contribution in [0, 0.1) is 0 Å². The van der Waals surface area contributed by atoms with Gasteiger partial charge in [-0.2, -0.15) is 0 Å². The van der Waals surface area contributed by atoms with Crippen molar-refractivity contribution in [3.05, 3.63) is 53.6 Å². The Bertz CT molecular complexity index is 711. The number of fused-ring (bicyclic) bond motifs is 1. The highest BCUT2D eigenvalue weighted by molar-refractivity contribution is 5.72. The van der Waals surface area contributed by atoms with Crippen molar-refractivity contribution in [3.8, 4) is 11.1 Å². The lowest BCUT2D eigenvalue weighted by atomic mass is 10.0. The lowest BCUT2D eigenvalue weighted by Gasteiger charge is -2.24. The van der Waals surface area contributed by atoms with Crippen molar-refractivity contribution in [1.82, 2.24) is 15.6 Å². The second-order valence-corrected chi connectivity index (χ2v) is 7.18. The van der Waals surface area contributed by atoms with Gasteiger partial charge in [-0.1, -0.05) is 30.3 Å². The van der Waals surface area contributed by atoms with E-state index >= 15 is 0 Å². The van der Waals surface area contributed by atoms with Gasteiger partial charge in [0.2, 0.25) is 0 Å². The molecule has 4 heteroatoms. The summed E-state index contributed by atoms with van der Waals surface area (Å²) < 4.78 is 0. The standard InChI is InChI=1S/C21H30N4/c1-16(2)25-21-13-19(8-9-20(21)14-23-25)18-7-5-6-17(12-18)15-24(4)11-10-22-3/h5-9,12-13,16,22-23H,10-11,14-15H2,1-4H3. The highest BCUT2D eigenvalue weighted by atomic mass is 15.5. The highest BCUT2D eigenvalue weighted by Crippen LogP contribution is 2.32. The number of rotatable bonds is 7. The first kappa shape index (κ1) is 17.9. The molecule has 4 nitrogen and oxygen atoms in total. The van der Waals surface area contributed by atoms with Crippen LogP contribution in [0.2, 0.25) is 0 Å². The SMILES string of the molecule is CNCCN(C)Cc1cccc(-c2ccc3c(c2)N(C(C)C)NC3)c1. The summed E-state index contributed by atoms with van der Waals surface area (Å²) in [4.78, 5) is 2.35. The molecule has 1 aliphatic heterocycles. The second kappa shape index (κ2) is 8.00. The average molecular weight is 338 g/mol. The van der Waals surface area contributed by atoms with Crippen LogP contribution in [-0.4, -0.2) is 38.1 Å². The van der Waals surface area contributed by atoms with Crippen LogP contribution in [-0.2, 0) is 13.1 Å².